The van der Waals surface area contributed by atoms with Crippen molar-refractivity contribution in [1.82, 2.24) is 0 Å². The normalized spacial score (nSPS) is 14.2. The van der Waals surface area contributed by atoms with E-state index in [9.17, 15) is 4.79 Å². The van der Waals surface area contributed by atoms with Crippen LogP contribution in [0.15, 0.2) is 18.2 Å². The SMILES string of the molecule is NCCc1cccc2c1NC(=O)CO2. The Morgan fingerprint density at radius 3 is 3.14 bits per heavy atom. The van der Waals surface area contributed by atoms with Crippen LogP contribution in [0.5, 0.6) is 5.75 Å². The lowest BCUT2D eigenvalue weighted by Gasteiger charge is -2.20. The van der Waals surface area contributed by atoms with Gasteiger partial charge in [-0.2, -0.15) is 0 Å². The lowest BCUT2D eigenvalue weighted by atomic mass is 10.1. The minimum atomic E-state index is -0.109. The largest absolute Gasteiger partial charge is 0.482 e. The zero-order valence-electron chi connectivity index (χ0n) is 7.75. The second-order valence-corrected chi connectivity index (χ2v) is 3.17. The number of hydrogen-bond acceptors (Lipinski definition) is 3. The van der Waals surface area contributed by atoms with Crippen molar-refractivity contribution in [2.45, 2.75) is 6.42 Å². The maximum absolute atomic E-state index is 11.1. The fraction of sp³-hybridized carbons (Fsp3) is 0.300. The molecule has 3 N–H and O–H groups in total. The number of fused-ring (bicyclic) bond motifs is 1. The van der Waals surface area contributed by atoms with Gasteiger partial charge in [0.05, 0.1) is 5.69 Å². The second kappa shape index (κ2) is 3.67. The van der Waals surface area contributed by atoms with E-state index in [0.29, 0.717) is 6.54 Å². The lowest BCUT2D eigenvalue weighted by Crippen LogP contribution is -2.26. The Morgan fingerprint density at radius 2 is 2.36 bits per heavy atom. The zero-order chi connectivity index (χ0) is 9.97. The van der Waals surface area contributed by atoms with E-state index in [1.807, 2.05) is 18.2 Å². The van der Waals surface area contributed by atoms with E-state index in [1.54, 1.807) is 0 Å². The number of rotatable bonds is 2. The number of carbonyl (C=O) groups excluding carboxylic acids is 1. The Bertz CT molecular complexity index is 363. The van der Waals surface area contributed by atoms with Crippen LogP contribution >= 0.6 is 0 Å². The average Bonchev–Trinajstić information content (AvgIpc) is 2.19. The summed E-state index contributed by atoms with van der Waals surface area (Å²) in [7, 11) is 0. The molecule has 0 aliphatic carbocycles. The quantitative estimate of drug-likeness (QED) is 0.718. The molecule has 2 rings (SSSR count). The first-order valence-electron chi connectivity index (χ1n) is 4.56. The minimum absolute atomic E-state index is 0.0963. The van der Waals surface area contributed by atoms with Gasteiger partial charge in [0, 0.05) is 0 Å². The van der Waals surface area contributed by atoms with Crippen LogP contribution in [-0.4, -0.2) is 19.1 Å². The minimum Gasteiger partial charge on any atom is -0.482 e. The van der Waals surface area contributed by atoms with Crippen LogP contribution in [-0.2, 0) is 11.2 Å². The van der Waals surface area contributed by atoms with Crippen molar-refractivity contribution in [1.29, 1.82) is 0 Å². The second-order valence-electron chi connectivity index (χ2n) is 3.17. The molecule has 4 nitrogen and oxygen atoms in total. The molecule has 1 aromatic carbocycles. The van der Waals surface area contributed by atoms with E-state index in [1.165, 1.54) is 0 Å². The van der Waals surface area contributed by atoms with Crippen molar-refractivity contribution < 1.29 is 9.53 Å². The van der Waals surface area contributed by atoms with Gasteiger partial charge < -0.3 is 15.8 Å². The van der Waals surface area contributed by atoms with Crippen LogP contribution in [0, 0.1) is 0 Å². The topological polar surface area (TPSA) is 64.3 Å². The van der Waals surface area contributed by atoms with Gasteiger partial charge in [0.15, 0.2) is 6.61 Å². The molecule has 1 aliphatic heterocycles. The summed E-state index contributed by atoms with van der Waals surface area (Å²) in [6.07, 6.45) is 0.743. The van der Waals surface area contributed by atoms with E-state index in [0.717, 1.165) is 23.4 Å². The number of amides is 1. The molecule has 0 atom stereocenters. The molecule has 0 spiro atoms. The standard InChI is InChI=1S/C10H12N2O2/c11-5-4-7-2-1-3-8-10(7)12-9(13)6-14-8/h1-3H,4-6,11H2,(H,12,13). The van der Waals surface area contributed by atoms with Crippen LogP contribution < -0.4 is 15.8 Å². The van der Waals surface area contributed by atoms with E-state index in [2.05, 4.69) is 5.32 Å². The van der Waals surface area contributed by atoms with Gasteiger partial charge in [0.25, 0.3) is 5.91 Å². The number of nitrogens with one attached hydrogen (secondary N) is 1. The fourth-order valence-electron chi connectivity index (χ4n) is 1.52. The molecule has 1 aromatic rings. The summed E-state index contributed by atoms with van der Waals surface area (Å²) in [4.78, 5) is 11.1. The molecule has 0 aromatic heterocycles. The highest BCUT2D eigenvalue weighted by atomic mass is 16.5. The number of hydrogen-bond donors (Lipinski definition) is 2. The molecule has 4 heteroatoms. The lowest BCUT2D eigenvalue weighted by molar-refractivity contribution is -0.118. The molecule has 14 heavy (non-hydrogen) atoms. The Labute approximate surface area is 82.1 Å². The fourth-order valence-corrected chi connectivity index (χ4v) is 1.52. The van der Waals surface area contributed by atoms with E-state index >= 15 is 0 Å². The van der Waals surface area contributed by atoms with Crippen molar-refractivity contribution in [3.8, 4) is 5.75 Å². The highest BCUT2D eigenvalue weighted by Crippen LogP contribution is 2.31. The van der Waals surface area contributed by atoms with Crippen molar-refractivity contribution in [3.05, 3.63) is 23.8 Å². The Hall–Kier alpha value is -1.55. The van der Waals surface area contributed by atoms with Crippen LogP contribution in [0.1, 0.15) is 5.56 Å². The van der Waals surface area contributed by atoms with Gasteiger partial charge in [-0.05, 0) is 24.6 Å². The summed E-state index contributed by atoms with van der Waals surface area (Å²) in [5, 5.41) is 2.79. The summed E-state index contributed by atoms with van der Waals surface area (Å²) in [5.74, 6) is 0.623. The highest BCUT2D eigenvalue weighted by molar-refractivity contribution is 5.96. The van der Waals surface area contributed by atoms with Gasteiger partial charge in [-0.25, -0.2) is 0 Å². The van der Waals surface area contributed by atoms with Crippen LogP contribution in [0.2, 0.25) is 0 Å². The summed E-state index contributed by atoms with van der Waals surface area (Å²) in [6.45, 7) is 0.658. The van der Waals surface area contributed by atoms with Gasteiger partial charge in [-0.3, -0.25) is 4.79 Å². The summed E-state index contributed by atoms with van der Waals surface area (Å²) < 4.78 is 5.27. The molecule has 0 radical (unpaired) electrons. The third kappa shape index (κ3) is 1.56. The van der Waals surface area contributed by atoms with Crippen molar-refractivity contribution >= 4 is 11.6 Å². The molecular formula is C10H12N2O2. The van der Waals surface area contributed by atoms with Crippen LogP contribution in [0.3, 0.4) is 0 Å². The monoisotopic (exact) mass is 192 g/mol. The molecule has 0 saturated carbocycles. The van der Waals surface area contributed by atoms with Crippen LogP contribution in [0.4, 0.5) is 5.69 Å². The van der Waals surface area contributed by atoms with E-state index in [4.69, 9.17) is 10.5 Å². The third-order valence-corrected chi connectivity index (χ3v) is 2.15. The Kier molecular flexibility index (Phi) is 2.37. The number of ether oxygens (including phenoxy) is 1. The molecule has 0 unspecified atom stereocenters. The highest BCUT2D eigenvalue weighted by Gasteiger charge is 2.17. The van der Waals surface area contributed by atoms with Gasteiger partial charge in [0.1, 0.15) is 5.75 Å². The molecule has 1 heterocycles. The number of carbonyl (C=O) groups is 1. The maximum atomic E-state index is 11.1. The summed E-state index contributed by atoms with van der Waals surface area (Å²) in [6, 6.07) is 5.69. The van der Waals surface area contributed by atoms with Gasteiger partial charge in [-0.15, -0.1) is 0 Å². The summed E-state index contributed by atoms with van der Waals surface area (Å²) in [5.41, 5.74) is 7.27. The Balaban J connectivity index is 2.38. The molecule has 0 bridgehead atoms. The van der Waals surface area contributed by atoms with Gasteiger partial charge >= 0.3 is 0 Å². The number of para-hydroxylation sites is 1. The van der Waals surface area contributed by atoms with Gasteiger partial charge in [-0.1, -0.05) is 12.1 Å². The van der Waals surface area contributed by atoms with E-state index < -0.39 is 0 Å². The van der Waals surface area contributed by atoms with Crippen LogP contribution in [0.25, 0.3) is 0 Å². The van der Waals surface area contributed by atoms with Crippen molar-refractivity contribution in [2.75, 3.05) is 18.5 Å². The molecule has 0 saturated heterocycles. The number of benzene rings is 1. The maximum Gasteiger partial charge on any atom is 0.262 e. The zero-order valence-corrected chi connectivity index (χ0v) is 7.75. The molecule has 1 aliphatic rings. The predicted octanol–water partition coefficient (Wildman–Crippen LogP) is 0.519. The summed E-state index contributed by atoms with van der Waals surface area (Å²) >= 11 is 0. The first kappa shape index (κ1) is 9.02. The Morgan fingerprint density at radius 1 is 1.50 bits per heavy atom. The average molecular weight is 192 g/mol. The van der Waals surface area contributed by atoms with Crippen molar-refractivity contribution in [2.24, 2.45) is 5.73 Å². The van der Waals surface area contributed by atoms with E-state index in [-0.39, 0.29) is 12.5 Å². The first-order chi connectivity index (χ1) is 6.81. The van der Waals surface area contributed by atoms with Gasteiger partial charge in [0.2, 0.25) is 0 Å². The van der Waals surface area contributed by atoms with Crippen molar-refractivity contribution in [3.63, 3.8) is 0 Å². The molecule has 74 valence electrons. The first-order valence-corrected chi connectivity index (χ1v) is 4.56. The molecular weight excluding hydrogens is 180 g/mol. The smallest absolute Gasteiger partial charge is 0.262 e. The predicted molar refractivity (Wildman–Crippen MR) is 53.3 cm³/mol. The molecule has 0 fully saturated rings. The molecule has 1 amide bonds. The third-order valence-electron chi connectivity index (χ3n) is 2.15. The number of nitrogens with two attached hydrogens (primary N) is 1. The number of anilines is 1.